The minimum atomic E-state index is 0. The number of guanidine groups is 1. The second-order valence-electron chi connectivity index (χ2n) is 6.48. The number of unbranched alkanes of at least 4 members (excludes halogenated alkanes) is 2. The Morgan fingerprint density at radius 3 is 2.43 bits per heavy atom. The molecule has 6 nitrogen and oxygen atoms in total. The van der Waals surface area contributed by atoms with E-state index >= 15 is 0 Å². The number of hydrogen-bond acceptors (Lipinski definition) is 4. The summed E-state index contributed by atoms with van der Waals surface area (Å²) in [7, 11) is 3.45. The molecule has 0 amide bonds. The van der Waals surface area contributed by atoms with Gasteiger partial charge >= 0.3 is 0 Å². The van der Waals surface area contributed by atoms with Gasteiger partial charge in [0.05, 0.1) is 13.2 Å². The van der Waals surface area contributed by atoms with E-state index in [1.54, 1.807) is 14.2 Å². The van der Waals surface area contributed by atoms with Crippen LogP contribution in [0.2, 0.25) is 0 Å². The Balaban J connectivity index is 0.00000729. The first-order valence-corrected chi connectivity index (χ1v) is 9.93. The SMILES string of the molecule is CCNC(=NCc1ccc(C)cc1OCCCOC)NCCCCCOC.I. The van der Waals surface area contributed by atoms with E-state index in [2.05, 4.69) is 42.7 Å². The van der Waals surface area contributed by atoms with Gasteiger partial charge in [-0.15, -0.1) is 24.0 Å². The number of rotatable bonds is 14. The van der Waals surface area contributed by atoms with Crippen LogP contribution in [0.3, 0.4) is 0 Å². The van der Waals surface area contributed by atoms with E-state index in [1.807, 2.05) is 0 Å². The normalized spacial score (nSPS) is 11.1. The van der Waals surface area contributed by atoms with Gasteiger partial charge in [0.1, 0.15) is 5.75 Å². The van der Waals surface area contributed by atoms with Gasteiger partial charge in [0.2, 0.25) is 0 Å². The van der Waals surface area contributed by atoms with E-state index in [1.165, 1.54) is 5.56 Å². The van der Waals surface area contributed by atoms with Crippen LogP contribution in [0.1, 0.15) is 43.7 Å². The number of nitrogens with zero attached hydrogens (tertiary/aromatic N) is 1. The zero-order valence-electron chi connectivity index (χ0n) is 17.9. The van der Waals surface area contributed by atoms with Crippen LogP contribution >= 0.6 is 24.0 Å². The summed E-state index contributed by atoms with van der Waals surface area (Å²) in [4.78, 5) is 4.72. The highest BCUT2D eigenvalue weighted by Crippen LogP contribution is 2.21. The molecule has 0 spiro atoms. The molecule has 0 saturated heterocycles. The quantitative estimate of drug-likeness (QED) is 0.173. The molecule has 0 radical (unpaired) electrons. The molecular weight excluding hydrogens is 469 g/mol. The van der Waals surface area contributed by atoms with Gasteiger partial charge in [-0.3, -0.25) is 0 Å². The second-order valence-corrected chi connectivity index (χ2v) is 6.48. The molecule has 0 aliphatic carbocycles. The average Bonchev–Trinajstić information content (AvgIpc) is 2.67. The Kier molecular flexibility index (Phi) is 17.3. The van der Waals surface area contributed by atoms with Crippen molar-refractivity contribution in [2.24, 2.45) is 4.99 Å². The maximum absolute atomic E-state index is 5.95. The Morgan fingerprint density at radius 2 is 1.71 bits per heavy atom. The summed E-state index contributed by atoms with van der Waals surface area (Å²) in [5.41, 5.74) is 2.28. The highest BCUT2D eigenvalue weighted by molar-refractivity contribution is 14.0. The average molecular weight is 507 g/mol. The molecule has 0 heterocycles. The largest absolute Gasteiger partial charge is 0.493 e. The van der Waals surface area contributed by atoms with Crippen molar-refractivity contribution < 1.29 is 14.2 Å². The maximum Gasteiger partial charge on any atom is 0.191 e. The van der Waals surface area contributed by atoms with Gasteiger partial charge in [-0.25, -0.2) is 4.99 Å². The fraction of sp³-hybridized carbons (Fsp3) is 0.667. The molecule has 2 N–H and O–H groups in total. The molecule has 0 unspecified atom stereocenters. The van der Waals surface area contributed by atoms with Crippen molar-refractivity contribution in [1.29, 1.82) is 0 Å². The van der Waals surface area contributed by atoms with Crippen LogP contribution in [0.15, 0.2) is 23.2 Å². The summed E-state index contributed by atoms with van der Waals surface area (Å²) in [5, 5.41) is 6.70. The first-order chi connectivity index (χ1) is 13.2. The first kappa shape index (κ1) is 26.9. The van der Waals surface area contributed by atoms with Gasteiger partial charge in [-0.1, -0.05) is 12.1 Å². The molecule has 1 aromatic rings. The third-order valence-electron chi connectivity index (χ3n) is 4.04. The van der Waals surface area contributed by atoms with Crippen molar-refractivity contribution in [3.8, 4) is 5.75 Å². The molecule has 28 heavy (non-hydrogen) atoms. The number of benzene rings is 1. The lowest BCUT2D eigenvalue weighted by Crippen LogP contribution is -2.37. The summed E-state index contributed by atoms with van der Waals surface area (Å²) in [5.74, 6) is 1.75. The van der Waals surface area contributed by atoms with E-state index in [0.29, 0.717) is 19.8 Å². The van der Waals surface area contributed by atoms with Gasteiger partial charge < -0.3 is 24.8 Å². The molecule has 1 rings (SSSR count). The van der Waals surface area contributed by atoms with Gasteiger partial charge in [-0.2, -0.15) is 0 Å². The van der Waals surface area contributed by atoms with Crippen LogP contribution in [0.5, 0.6) is 5.75 Å². The number of hydrogen-bond donors (Lipinski definition) is 2. The standard InChI is InChI=1S/C21H37N3O3.HI/c1-5-22-21(23-12-7-6-8-13-25-3)24-17-19-11-10-18(2)16-20(19)27-15-9-14-26-4;/h10-11,16H,5-9,12-15,17H2,1-4H3,(H2,22,23,24);1H. The van der Waals surface area contributed by atoms with Crippen LogP contribution in [-0.4, -0.2) is 53.1 Å². The van der Waals surface area contributed by atoms with E-state index < -0.39 is 0 Å². The molecule has 0 bridgehead atoms. The maximum atomic E-state index is 5.95. The van der Waals surface area contributed by atoms with E-state index in [9.17, 15) is 0 Å². The van der Waals surface area contributed by atoms with Gasteiger partial charge in [0.25, 0.3) is 0 Å². The third kappa shape index (κ3) is 12.4. The molecule has 0 aliphatic rings. The van der Waals surface area contributed by atoms with E-state index in [0.717, 1.165) is 62.7 Å². The number of aryl methyl sites for hydroxylation is 1. The lowest BCUT2D eigenvalue weighted by molar-refractivity contribution is 0.172. The number of methoxy groups -OCH3 is 2. The molecule has 0 saturated carbocycles. The molecule has 1 aromatic carbocycles. The number of halogens is 1. The van der Waals surface area contributed by atoms with Crippen molar-refractivity contribution in [2.45, 2.75) is 46.1 Å². The topological polar surface area (TPSA) is 64.1 Å². The van der Waals surface area contributed by atoms with Crippen molar-refractivity contribution in [3.63, 3.8) is 0 Å². The van der Waals surface area contributed by atoms with Crippen LogP contribution in [-0.2, 0) is 16.0 Å². The molecule has 0 atom stereocenters. The molecule has 7 heteroatoms. The Labute approximate surface area is 187 Å². The van der Waals surface area contributed by atoms with Crippen LogP contribution in [0.25, 0.3) is 0 Å². The zero-order valence-corrected chi connectivity index (χ0v) is 20.2. The summed E-state index contributed by atoms with van der Waals surface area (Å²) >= 11 is 0. The predicted molar refractivity (Wildman–Crippen MR) is 127 cm³/mol. The fourth-order valence-electron chi connectivity index (χ4n) is 2.57. The summed E-state index contributed by atoms with van der Waals surface area (Å²) in [6.45, 7) is 8.66. The highest BCUT2D eigenvalue weighted by Gasteiger charge is 2.05. The van der Waals surface area contributed by atoms with Crippen LogP contribution in [0, 0.1) is 6.92 Å². The summed E-state index contributed by atoms with van der Waals surface area (Å²) in [6, 6.07) is 6.27. The van der Waals surface area contributed by atoms with Crippen LogP contribution < -0.4 is 15.4 Å². The number of aliphatic imine (C=N–C) groups is 1. The Morgan fingerprint density at radius 1 is 0.964 bits per heavy atom. The van der Waals surface area contributed by atoms with Crippen molar-refractivity contribution in [3.05, 3.63) is 29.3 Å². The zero-order chi connectivity index (χ0) is 19.7. The van der Waals surface area contributed by atoms with Crippen molar-refractivity contribution in [2.75, 3.05) is 47.1 Å². The smallest absolute Gasteiger partial charge is 0.191 e. The monoisotopic (exact) mass is 507 g/mol. The minimum absolute atomic E-state index is 0. The lowest BCUT2D eigenvalue weighted by Gasteiger charge is -2.13. The minimum Gasteiger partial charge on any atom is -0.493 e. The van der Waals surface area contributed by atoms with Crippen molar-refractivity contribution >= 4 is 29.9 Å². The summed E-state index contributed by atoms with van der Waals surface area (Å²) in [6.07, 6.45) is 4.23. The van der Waals surface area contributed by atoms with Gasteiger partial charge in [0.15, 0.2) is 5.96 Å². The lowest BCUT2D eigenvalue weighted by atomic mass is 10.1. The molecular formula is C21H38IN3O3. The first-order valence-electron chi connectivity index (χ1n) is 9.93. The third-order valence-corrected chi connectivity index (χ3v) is 4.04. The van der Waals surface area contributed by atoms with Gasteiger partial charge in [0, 0.05) is 52.5 Å². The summed E-state index contributed by atoms with van der Waals surface area (Å²) < 4.78 is 16.1. The Bertz CT molecular complexity index is 542. The van der Waals surface area contributed by atoms with E-state index in [-0.39, 0.29) is 24.0 Å². The molecule has 0 fully saturated rings. The van der Waals surface area contributed by atoms with Gasteiger partial charge in [-0.05, 0) is 44.7 Å². The molecule has 0 aromatic heterocycles. The predicted octanol–water partition coefficient (Wildman–Crippen LogP) is 3.90. The number of nitrogens with one attached hydrogen (secondary N) is 2. The number of ether oxygens (including phenoxy) is 3. The highest BCUT2D eigenvalue weighted by atomic mass is 127. The Hall–Kier alpha value is -1.06. The second kappa shape index (κ2) is 18.0. The molecule has 162 valence electrons. The molecule has 0 aliphatic heterocycles. The van der Waals surface area contributed by atoms with Crippen molar-refractivity contribution in [1.82, 2.24) is 10.6 Å². The fourth-order valence-corrected chi connectivity index (χ4v) is 2.57. The van der Waals surface area contributed by atoms with Crippen LogP contribution in [0.4, 0.5) is 0 Å². The van der Waals surface area contributed by atoms with E-state index in [4.69, 9.17) is 19.2 Å².